The van der Waals surface area contributed by atoms with Crippen molar-refractivity contribution in [1.82, 2.24) is 9.55 Å². The molecule has 0 radical (unpaired) electrons. The molecule has 1 aliphatic carbocycles. The summed E-state index contributed by atoms with van der Waals surface area (Å²) in [6.07, 6.45) is 3.69. The Labute approximate surface area is 126 Å². The van der Waals surface area contributed by atoms with Gasteiger partial charge >= 0.3 is 6.09 Å². The fourth-order valence-electron chi connectivity index (χ4n) is 2.27. The van der Waals surface area contributed by atoms with Crippen molar-refractivity contribution >= 4 is 32.9 Å². The van der Waals surface area contributed by atoms with Gasteiger partial charge in [0.2, 0.25) is 0 Å². The van der Waals surface area contributed by atoms with E-state index in [4.69, 9.17) is 4.74 Å². The number of pyridine rings is 1. The number of aromatic nitrogens is 2. The van der Waals surface area contributed by atoms with Crippen LogP contribution in [0.15, 0.2) is 22.9 Å². The van der Waals surface area contributed by atoms with Crippen molar-refractivity contribution in [3.8, 4) is 0 Å². The van der Waals surface area contributed by atoms with E-state index in [2.05, 4.69) is 20.9 Å². The summed E-state index contributed by atoms with van der Waals surface area (Å²) in [4.78, 5) is 16.9. The summed E-state index contributed by atoms with van der Waals surface area (Å²) >= 11 is 3.44. The second-order valence-corrected chi connectivity index (χ2v) is 7.02. The van der Waals surface area contributed by atoms with Gasteiger partial charge in [0.05, 0.1) is 11.2 Å². The molecule has 2 aromatic heterocycles. The second-order valence-electron chi connectivity index (χ2n) is 6.21. The van der Waals surface area contributed by atoms with Gasteiger partial charge in [-0.05, 0) is 61.7 Å². The van der Waals surface area contributed by atoms with Gasteiger partial charge in [0, 0.05) is 17.5 Å². The molecule has 0 spiro atoms. The Morgan fingerprint density at radius 3 is 2.75 bits per heavy atom. The lowest BCUT2D eigenvalue weighted by molar-refractivity contribution is 0.0544. The van der Waals surface area contributed by atoms with E-state index in [1.165, 1.54) is 0 Å². The maximum Gasteiger partial charge on any atom is 0.419 e. The summed E-state index contributed by atoms with van der Waals surface area (Å²) in [5.41, 5.74) is 1.37. The lowest BCUT2D eigenvalue weighted by Crippen LogP contribution is -2.27. The molecule has 2 aromatic rings. The van der Waals surface area contributed by atoms with E-state index in [9.17, 15) is 4.79 Å². The molecule has 0 saturated heterocycles. The second kappa shape index (κ2) is 4.58. The van der Waals surface area contributed by atoms with Gasteiger partial charge < -0.3 is 4.74 Å². The van der Waals surface area contributed by atoms with Crippen LogP contribution in [0.4, 0.5) is 4.79 Å². The average Bonchev–Trinajstić information content (AvgIpc) is 3.06. The van der Waals surface area contributed by atoms with Crippen molar-refractivity contribution in [2.45, 2.75) is 45.1 Å². The molecule has 2 heterocycles. The van der Waals surface area contributed by atoms with Crippen LogP contribution in [-0.4, -0.2) is 21.2 Å². The maximum atomic E-state index is 12.3. The standard InChI is InChI=1S/C15H17BrN2O2/c1-15(2,3)20-14(19)18-7-6-10-8-11(16)17-12(13(10)18)9-4-5-9/h6-9H,4-5H2,1-3H3. The monoisotopic (exact) mass is 336 g/mol. The molecule has 5 heteroatoms. The van der Waals surface area contributed by atoms with E-state index in [0.717, 1.165) is 34.0 Å². The van der Waals surface area contributed by atoms with Gasteiger partial charge in [0.15, 0.2) is 0 Å². The smallest absolute Gasteiger partial charge is 0.419 e. The van der Waals surface area contributed by atoms with Crippen LogP contribution in [0, 0.1) is 0 Å². The van der Waals surface area contributed by atoms with Gasteiger partial charge in [-0.3, -0.25) is 4.57 Å². The maximum absolute atomic E-state index is 12.3. The molecular formula is C15H17BrN2O2. The fourth-order valence-corrected chi connectivity index (χ4v) is 2.71. The molecular weight excluding hydrogens is 320 g/mol. The molecule has 3 rings (SSSR count). The Kier molecular flexibility index (Phi) is 3.12. The Bertz CT molecular complexity index is 681. The highest BCUT2D eigenvalue weighted by atomic mass is 79.9. The summed E-state index contributed by atoms with van der Waals surface area (Å²) in [7, 11) is 0. The molecule has 0 N–H and O–H groups in total. The van der Waals surface area contributed by atoms with E-state index < -0.39 is 5.60 Å². The number of carbonyl (C=O) groups excluding carboxylic acids is 1. The molecule has 0 amide bonds. The molecule has 106 valence electrons. The summed E-state index contributed by atoms with van der Waals surface area (Å²) in [6, 6.07) is 3.86. The predicted octanol–water partition coefficient (Wildman–Crippen LogP) is 4.46. The zero-order valence-electron chi connectivity index (χ0n) is 11.8. The predicted molar refractivity (Wildman–Crippen MR) is 81.0 cm³/mol. The highest BCUT2D eigenvalue weighted by Crippen LogP contribution is 2.42. The third-order valence-electron chi connectivity index (χ3n) is 3.22. The summed E-state index contributed by atoms with van der Waals surface area (Å²) in [6.45, 7) is 5.60. The van der Waals surface area contributed by atoms with Crippen molar-refractivity contribution in [3.63, 3.8) is 0 Å². The first-order chi connectivity index (χ1) is 9.35. The number of hydrogen-bond acceptors (Lipinski definition) is 3. The van der Waals surface area contributed by atoms with Crippen molar-refractivity contribution in [2.24, 2.45) is 0 Å². The molecule has 1 saturated carbocycles. The third kappa shape index (κ3) is 2.59. The van der Waals surface area contributed by atoms with Crippen LogP contribution in [-0.2, 0) is 4.74 Å². The Hall–Kier alpha value is -1.36. The first kappa shape index (κ1) is 13.6. The van der Waals surface area contributed by atoms with Crippen LogP contribution in [0.25, 0.3) is 10.9 Å². The van der Waals surface area contributed by atoms with Crippen molar-refractivity contribution < 1.29 is 9.53 Å². The van der Waals surface area contributed by atoms with Crippen molar-refractivity contribution in [1.29, 1.82) is 0 Å². The van der Waals surface area contributed by atoms with E-state index in [0.29, 0.717) is 5.92 Å². The van der Waals surface area contributed by atoms with Crippen LogP contribution in [0.5, 0.6) is 0 Å². The fraction of sp³-hybridized carbons (Fsp3) is 0.467. The lowest BCUT2D eigenvalue weighted by atomic mass is 10.2. The third-order valence-corrected chi connectivity index (χ3v) is 3.62. The van der Waals surface area contributed by atoms with E-state index in [1.807, 2.05) is 32.9 Å². The van der Waals surface area contributed by atoms with Crippen molar-refractivity contribution in [2.75, 3.05) is 0 Å². The van der Waals surface area contributed by atoms with E-state index >= 15 is 0 Å². The molecule has 0 aliphatic heterocycles. The number of halogens is 1. The molecule has 20 heavy (non-hydrogen) atoms. The largest absolute Gasteiger partial charge is 0.443 e. The van der Waals surface area contributed by atoms with Crippen molar-refractivity contribution in [3.05, 3.63) is 28.6 Å². The highest BCUT2D eigenvalue weighted by Gasteiger charge is 2.30. The minimum absolute atomic E-state index is 0.349. The normalized spacial score (nSPS) is 15.6. The highest BCUT2D eigenvalue weighted by molar-refractivity contribution is 9.10. The zero-order chi connectivity index (χ0) is 14.5. The van der Waals surface area contributed by atoms with Gasteiger partial charge in [0.1, 0.15) is 10.2 Å². The first-order valence-corrected chi connectivity index (χ1v) is 7.55. The summed E-state index contributed by atoms with van der Waals surface area (Å²) < 4.78 is 7.85. The van der Waals surface area contributed by atoms with E-state index in [-0.39, 0.29) is 6.09 Å². The SMILES string of the molecule is CC(C)(C)OC(=O)n1ccc2cc(Br)nc(C3CC3)c21. The quantitative estimate of drug-likeness (QED) is 0.722. The van der Waals surface area contributed by atoms with Gasteiger partial charge in [0.25, 0.3) is 0 Å². The summed E-state index contributed by atoms with van der Waals surface area (Å²) in [5, 5.41) is 1.01. The number of carbonyl (C=O) groups is 1. The minimum Gasteiger partial charge on any atom is -0.443 e. The van der Waals surface area contributed by atoms with Crippen LogP contribution >= 0.6 is 15.9 Å². The zero-order valence-corrected chi connectivity index (χ0v) is 13.4. The molecule has 4 nitrogen and oxygen atoms in total. The molecule has 0 unspecified atom stereocenters. The van der Waals surface area contributed by atoms with Crippen LogP contribution in [0.3, 0.4) is 0 Å². The number of rotatable bonds is 1. The first-order valence-electron chi connectivity index (χ1n) is 6.76. The topological polar surface area (TPSA) is 44.1 Å². The number of fused-ring (bicyclic) bond motifs is 1. The average molecular weight is 337 g/mol. The van der Waals surface area contributed by atoms with Crippen LogP contribution < -0.4 is 0 Å². The molecule has 1 aliphatic rings. The Morgan fingerprint density at radius 2 is 2.15 bits per heavy atom. The Balaban J connectivity index is 2.10. The number of nitrogens with zero attached hydrogens (tertiary/aromatic N) is 2. The molecule has 0 atom stereocenters. The number of hydrogen-bond donors (Lipinski definition) is 0. The number of ether oxygens (including phenoxy) is 1. The Morgan fingerprint density at radius 1 is 1.45 bits per heavy atom. The van der Waals surface area contributed by atoms with E-state index in [1.54, 1.807) is 10.8 Å². The molecule has 0 bridgehead atoms. The van der Waals surface area contributed by atoms with Gasteiger partial charge in [-0.2, -0.15) is 0 Å². The van der Waals surface area contributed by atoms with Gasteiger partial charge in [-0.1, -0.05) is 0 Å². The minimum atomic E-state index is -0.504. The van der Waals surface area contributed by atoms with Gasteiger partial charge in [-0.15, -0.1) is 0 Å². The van der Waals surface area contributed by atoms with Gasteiger partial charge in [-0.25, -0.2) is 9.78 Å². The molecule has 0 aromatic carbocycles. The van der Waals surface area contributed by atoms with Crippen LogP contribution in [0.2, 0.25) is 0 Å². The lowest BCUT2D eigenvalue weighted by Gasteiger charge is -2.20. The summed E-state index contributed by atoms with van der Waals surface area (Å²) in [5.74, 6) is 0.464. The molecule has 1 fully saturated rings. The van der Waals surface area contributed by atoms with Crippen LogP contribution in [0.1, 0.15) is 45.2 Å².